The van der Waals surface area contributed by atoms with Crippen LogP contribution in [-0.4, -0.2) is 24.2 Å². The fraction of sp³-hybridized carbons (Fsp3) is 0.474. The summed E-state index contributed by atoms with van der Waals surface area (Å²) in [4.78, 5) is 15.7. The first-order chi connectivity index (χ1) is 12.2. The number of allylic oxidation sites excluding steroid dienone is 1. The highest BCUT2D eigenvalue weighted by Crippen LogP contribution is 2.28. The van der Waals surface area contributed by atoms with E-state index >= 15 is 0 Å². The molecule has 144 valence electrons. The van der Waals surface area contributed by atoms with E-state index in [0.29, 0.717) is 29.2 Å². The Morgan fingerprint density at radius 1 is 1.46 bits per heavy atom. The molecule has 0 bridgehead atoms. The number of hydrogen-bond donors (Lipinski definition) is 1. The molecule has 1 amide bonds. The number of aromatic nitrogens is 1. The number of nitrogens with one attached hydrogen (secondary N) is 1. The smallest absolute Gasteiger partial charge is 0.389 e. The third-order valence-electron chi connectivity index (χ3n) is 3.92. The van der Waals surface area contributed by atoms with Gasteiger partial charge in [0, 0.05) is 12.0 Å². The van der Waals surface area contributed by atoms with E-state index in [1.807, 2.05) is 13.0 Å². The number of carbonyl (C=O) groups is 1. The minimum Gasteiger partial charge on any atom is -0.494 e. The highest BCUT2D eigenvalue weighted by molar-refractivity contribution is 5.98. The topological polar surface area (TPSA) is 51.2 Å². The number of halogens is 3. The Labute approximate surface area is 152 Å². The number of aryl methyl sites for hydroxylation is 1. The van der Waals surface area contributed by atoms with Crippen LogP contribution in [0.4, 0.5) is 19.0 Å². The Balaban J connectivity index is 2.94. The van der Waals surface area contributed by atoms with Gasteiger partial charge in [-0.1, -0.05) is 25.7 Å². The van der Waals surface area contributed by atoms with Crippen LogP contribution in [0.3, 0.4) is 0 Å². The second-order valence-electron chi connectivity index (χ2n) is 5.94. The predicted octanol–water partition coefficient (Wildman–Crippen LogP) is 5.30. The normalized spacial score (nSPS) is 12.8. The van der Waals surface area contributed by atoms with Crippen molar-refractivity contribution in [2.24, 2.45) is 5.92 Å². The fourth-order valence-electron chi connectivity index (χ4n) is 2.56. The maximum atomic E-state index is 12.3. The standard InChI is InChI=1S/C19H25F3N2O2/c1-5-14(8-7-11-19(20,21)22)9-10-15-12-16(24-17(25)6-2)23-13(3)18(15)26-4/h6,9-10,12,14H,2,5,7-8,11H2,1,3-4H3,(H,23,24,25)/b10-9+. The van der Waals surface area contributed by atoms with Crippen LogP contribution in [0.15, 0.2) is 24.8 Å². The molecule has 0 fully saturated rings. The fourth-order valence-corrected chi connectivity index (χ4v) is 2.56. The minimum atomic E-state index is -4.12. The highest BCUT2D eigenvalue weighted by atomic mass is 19.4. The first kappa shape index (κ1) is 21.7. The Bertz CT molecular complexity index is 655. The molecular weight excluding hydrogens is 345 g/mol. The number of amides is 1. The van der Waals surface area contributed by atoms with Crippen LogP contribution >= 0.6 is 0 Å². The van der Waals surface area contributed by atoms with Gasteiger partial charge in [0.1, 0.15) is 11.6 Å². The van der Waals surface area contributed by atoms with Gasteiger partial charge < -0.3 is 10.1 Å². The number of anilines is 1. The molecule has 1 aromatic heterocycles. The van der Waals surface area contributed by atoms with Crippen molar-refractivity contribution < 1.29 is 22.7 Å². The van der Waals surface area contributed by atoms with Crippen molar-refractivity contribution in [1.82, 2.24) is 4.98 Å². The summed E-state index contributed by atoms with van der Waals surface area (Å²) in [7, 11) is 1.52. The van der Waals surface area contributed by atoms with E-state index in [1.54, 1.807) is 19.1 Å². The molecule has 1 aromatic rings. The molecule has 26 heavy (non-hydrogen) atoms. The number of carbonyl (C=O) groups excluding carboxylic acids is 1. The maximum Gasteiger partial charge on any atom is 0.389 e. The Morgan fingerprint density at radius 3 is 2.69 bits per heavy atom. The predicted molar refractivity (Wildman–Crippen MR) is 97.1 cm³/mol. The Morgan fingerprint density at radius 2 is 2.15 bits per heavy atom. The summed E-state index contributed by atoms with van der Waals surface area (Å²) in [5.74, 6) is 0.568. The number of methoxy groups -OCH3 is 1. The summed E-state index contributed by atoms with van der Waals surface area (Å²) in [5.41, 5.74) is 1.30. The second-order valence-corrected chi connectivity index (χ2v) is 5.94. The Kier molecular flexibility index (Phi) is 8.35. The zero-order valence-electron chi connectivity index (χ0n) is 15.3. The van der Waals surface area contributed by atoms with Gasteiger partial charge in [-0.3, -0.25) is 4.79 Å². The monoisotopic (exact) mass is 370 g/mol. The maximum absolute atomic E-state index is 12.3. The van der Waals surface area contributed by atoms with Crippen molar-refractivity contribution in [3.05, 3.63) is 36.1 Å². The second kappa shape index (κ2) is 9.99. The molecule has 7 heteroatoms. The van der Waals surface area contributed by atoms with E-state index in [2.05, 4.69) is 16.9 Å². The van der Waals surface area contributed by atoms with Crippen molar-refractivity contribution in [2.45, 2.75) is 45.7 Å². The highest BCUT2D eigenvalue weighted by Gasteiger charge is 2.26. The number of pyridine rings is 1. The van der Waals surface area contributed by atoms with Gasteiger partial charge in [-0.05, 0) is 44.2 Å². The van der Waals surface area contributed by atoms with Crippen molar-refractivity contribution in [1.29, 1.82) is 0 Å². The molecule has 0 saturated heterocycles. The van der Waals surface area contributed by atoms with E-state index in [4.69, 9.17) is 4.74 Å². The lowest BCUT2D eigenvalue weighted by Crippen LogP contribution is -2.10. The van der Waals surface area contributed by atoms with Crippen LogP contribution < -0.4 is 10.1 Å². The van der Waals surface area contributed by atoms with Crippen LogP contribution in [0.25, 0.3) is 6.08 Å². The molecule has 0 aliphatic carbocycles. The van der Waals surface area contributed by atoms with E-state index in [9.17, 15) is 18.0 Å². The molecule has 1 atom stereocenters. The van der Waals surface area contributed by atoms with Gasteiger partial charge in [0.2, 0.25) is 5.91 Å². The molecule has 0 aliphatic heterocycles. The summed E-state index contributed by atoms with van der Waals surface area (Å²) >= 11 is 0. The summed E-state index contributed by atoms with van der Waals surface area (Å²) in [6.45, 7) is 7.08. The van der Waals surface area contributed by atoms with Gasteiger partial charge in [-0.15, -0.1) is 0 Å². The van der Waals surface area contributed by atoms with Crippen LogP contribution in [0.2, 0.25) is 0 Å². The summed E-state index contributed by atoms with van der Waals surface area (Å²) in [6, 6.07) is 1.66. The Hall–Kier alpha value is -2.31. The molecule has 0 spiro atoms. The number of hydrogen-bond acceptors (Lipinski definition) is 3. The van der Waals surface area contributed by atoms with Gasteiger partial charge in [0.25, 0.3) is 0 Å². The lowest BCUT2D eigenvalue weighted by Gasteiger charge is -2.13. The van der Waals surface area contributed by atoms with Crippen LogP contribution in [0.5, 0.6) is 5.75 Å². The third kappa shape index (κ3) is 7.29. The van der Waals surface area contributed by atoms with Crippen molar-refractivity contribution in [2.75, 3.05) is 12.4 Å². The van der Waals surface area contributed by atoms with Crippen molar-refractivity contribution in [3.8, 4) is 5.75 Å². The van der Waals surface area contributed by atoms with E-state index in [-0.39, 0.29) is 18.2 Å². The average Bonchev–Trinajstić information content (AvgIpc) is 2.56. The van der Waals surface area contributed by atoms with Crippen molar-refractivity contribution in [3.63, 3.8) is 0 Å². The molecule has 1 rings (SSSR count). The quantitative estimate of drug-likeness (QED) is 0.601. The number of nitrogens with zero attached hydrogens (tertiary/aromatic N) is 1. The molecule has 0 aromatic carbocycles. The lowest BCUT2D eigenvalue weighted by molar-refractivity contribution is -0.135. The summed E-state index contributed by atoms with van der Waals surface area (Å²) in [5, 5.41) is 2.59. The summed E-state index contributed by atoms with van der Waals surface area (Å²) < 4.78 is 42.3. The molecular formula is C19H25F3N2O2. The first-order valence-electron chi connectivity index (χ1n) is 8.44. The lowest BCUT2D eigenvalue weighted by atomic mass is 9.97. The number of ether oxygens (including phenoxy) is 1. The first-order valence-corrected chi connectivity index (χ1v) is 8.44. The van der Waals surface area contributed by atoms with Crippen LogP contribution in [0, 0.1) is 12.8 Å². The number of alkyl halides is 3. The van der Waals surface area contributed by atoms with E-state index in [1.165, 1.54) is 7.11 Å². The molecule has 0 saturated carbocycles. The van der Waals surface area contributed by atoms with Crippen LogP contribution in [-0.2, 0) is 4.79 Å². The molecule has 1 N–H and O–H groups in total. The number of rotatable bonds is 9. The van der Waals surface area contributed by atoms with Gasteiger partial charge in [-0.2, -0.15) is 13.2 Å². The third-order valence-corrected chi connectivity index (χ3v) is 3.92. The summed E-state index contributed by atoms with van der Waals surface area (Å²) in [6.07, 6.45) is 1.23. The zero-order chi connectivity index (χ0) is 19.7. The van der Waals surface area contributed by atoms with Crippen molar-refractivity contribution >= 4 is 17.8 Å². The largest absolute Gasteiger partial charge is 0.494 e. The molecule has 4 nitrogen and oxygen atoms in total. The van der Waals surface area contributed by atoms with E-state index in [0.717, 1.165) is 12.5 Å². The van der Waals surface area contributed by atoms with Gasteiger partial charge >= 0.3 is 6.18 Å². The molecule has 1 heterocycles. The minimum absolute atomic E-state index is 0.0294. The average molecular weight is 370 g/mol. The molecule has 0 aliphatic rings. The van der Waals surface area contributed by atoms with Gasteiger partial charge in [0.15, 0.2) is 0 Å². The molecule has 1 unspecified atom stereocenters. The SMILES string of the molecule is C=CC(=O)Nc1cc(/C=C/C(CC)CCCC(F)(F)F)c(OC)c(C)n1. The van der Waals surface area contributed by atoms with Crippen LogP contribution in [0.1, 0.15) is 43.9 Å². The molecule has 0 radical (unpaired) electrons. The van der Waals surface area contributed by atoms with E-state index < -0.39 is 12.6 Å². The van der Waals surface area contributed by atoms with Gasteiger partial charge in [-0.25, -0.2) is 4.98 Å². The zero-order valence-corrected chi connectivity index (χ0v) is 15.3. The van der Waals surface area contributed by atoms with Gasteiger partial charge in [0.05, 0.1) is 12.8 Å².